The maximum absolute atomic E-state index is 14.2. The number of carbonyl (C=O) groups excluding carboxylic acids is 1. The number of esters is 1. The van der Waals surface area contributed by atoms with Crippen molar-refractivity contribution < 1.29 is 41.3 Å². The molecule has 140 valence electrons. The molecule has 0 heterocycles. The van der Waals surface area contributed by atoms with E-state index >= 15 is 0 Å². The van der Waals surface area contributed by atoms with Gasteiger partial charge in [-0.1, -0.05) is 0 Å². The molecule has 0 amide bonds. The normalized spacial score (nSPS) is 11.0. The van der Waals surface area contributed by atoms with Crippen LogP contribution in [0.1, 0.15) is 10.4 Å². The maximum Gasteiger partial charge on any atom is 0.573 e. The summed E-state index contributed by atoms with van der Waals surface area (Å²) in [7, 11) is 2.26. The number of ether oxygens (including phenoxy) is 4. The molecule has 0 bridgehead atoms. The molecule has 0 aromatic heterocycles. The summed E-state index contributed by atoms with van der Waals surface area (Å²) in [6, 6.07) is 5.64. The van der Waals surface area contributed by atoms with E-state index in [9.17, 15) is 22.4 Å². The van der Waals surface area contributed by atoms with Gasteiger partial charge in [-0.05, 0) is 40.2 Å². The quantitative estimate of drug-likeness (QED) is 0.481. The minimum atomic E-state index is -4.87. The lowest BCUT2D eigenvalue weighted by atomic mass is 10.2. The molecule has 2 aromatic carbocycles. The Bertz CT molecular complexity index is 823. The van der Waals surface area contributed by atoms with Gasteiger partial charge in [0.05, 0.1) is 18.7 Å². The first-order valence-electron chi connectivity index (χ1n) is 6.84. The highest BCUT2D eigenvalue weighted by Crippen LogP contribution is 2.38. The van der Waals surface area contributed by atoms with Gasteiger partial charge in [0.15, 0.2) is 17.3 Å². The number of hydrogen-bond acceptors (Lipinski definition) is 5. The van der Waals surface area contributed by atoms with E-state index in [-0.39, 0.29) is 21.7 Å². The van der Waals surface area contributed by atoms with Crippen LogP contribution in [0.15, 0.2) is 34.8 Å². The molecule has 2 rings (SSSR count). The molecule has 2 aromatic rings. The van der Waals surface area contributed by atoms with Gasteiger partial charge in [0.1, 0.15) is 17.1 Å². The number of benzene rings is 2. The summed E-state index contributed by atoms with van der Waals surface area (Å²) in [6.45, 7) is 0. The lowest BCUT2D eigenvalue weighted by Gasteiger charge is -2.15. The summed E-state index contributed by atoms with van der Waals surface area (Å²) < 4.78 is 69.8. The Morgan fingerprint density at radius 2 is 1.69 bits per heavy atom. The van der Waals surface area contributed by atoms with Crippen LogP contribution in [0.2, 0.25) is 0 Å². The minimum absolute atomic E-state index is 0.00569. The van der Waals surface area contributed by atoms with E-state index < -0.39 is 29.5 Å². The largest absolute Gasteiger partial charge is 0.573 e. The van der Waals surface area contributed by atoms with Gasteiger partial charge in [-0.3, -0.25) is 0 Å². The summed E-state index contributed by atoms with van der Waals surface area (Å²) in [5.41, 5.74) is -0.487. The van der Waals surface area contributed by atoms with Crippen molar-refractivity contribution in [1.82, 2.24) is 0 Å². The molecule has 0 N–H and O–H groups in total. The fourth-order valence-corrected chi connectivity index (χ4v) is 2.29. The zero-order chi connectivity index (χ0) is 19.5. The molecular formula is C16H11BrF4O5. The Balaban J connectivity index is 2.43. The van der Waals surface area contributed by atoms with Gasteiger partial charge >= 0.3 is 12.3 Å². The van der Waals surface area contributed by atoms with Crippen LogP contribution in [-0.2, 0) is 4.74 Å². The Morgan fingerprint density at radius 3 is 2.27 bits per heavy atom. The van der Waals surface area contributed by atoms with E-state index in [0.717, 1.165) is 25.3 Å². The SMILES string of the molecule is COC(=O)c1c(Oc2ccc(OC(F)(F)F)cc2OC)ccc(Br)c1F. The zero-order valence-corrected chi connectivity index (χ0v) is 14.9. The lowest BCUT2D eigenvalue weighted by molar-refractivity contribution is -0.274. The Morgan fingerprint density at radius 1 is 1.04 bits per heavy atom. The van der Waals surface area contributed by atoms with Crippen molar-refractivity contribution in [3.05, 3.63) is 46.2 Å². The molecule has 0 radical (unpaired) electrons. The van der Waals surface area contributed by atoms with E-state index in [1.807, 2.05) is 0 Å². The Hall–Kier alpha value is -2.49. The fraction of sp³-hybridized carbons (Fsp3) is 0.188. The number of alkyl halides is 3. The standard InChI is InChI=1S/C16H11BrF4O5/c1-23-12-7-8(26-16(19,20)21)3-5-10(12)25-11-6-4-9(17)14(18)13(11)15(22)24-2/h3-7H,1-2H3. The van der Waals surface area contributed by atoms with Crippen LogP contribution in [0.5, 0.6) is 23.0 Å². The second-order valence-electron chi connectivity index (χ2n) is 4.69. The van der Waals surface area contributed by atoms with Gasteiger partial charge in [-0.15, -0.1) is 13.2 Å². The molecule has 0 fully saturated rings. The molecule has 0 unspecified atom stereocenters. The third kappa shape index (κ3) is 4.57. The topological polar surface area (TPSA) is 54.0 Å². The minimum Gasteiger partial charge on any atom is -0.493 e. The van der Waals surface area contributed by atoms with Crippen LogP contribution in [-0.4, -0.2) is 26.6 Å². The first-order valence-corrected chi connectivity index (χ1v) is 7.63. The van der Waals surface area contributed by atoms with Gasteiger partial charge in [-0.25, -0.2) is 9.18 Å². The summed E-state index contributed by atoms with van der Waals surface area (Å²) in [4.78, 5) is 11.8. The molecule has 26 heavy (non-hydrogen) atoms. The number of carbonyl (C=O) groups is 1. The molecule has 0 spiro atoms. The Kier molecular flexibility index (Phi) is 5.96. The third-order valence-electron chi connectivity index (χ3n) is 3.03. The van der Waals surface area contributed by atoms with Crippen molar-refractivity contribution in [3.8, 4) is 23.0 Å². The highest BCUT2D eigenvalue weighted by atomic mass is 79.9. The molecule has 0 aliphatic carbocycles. The fourth-order valence-electron chi connectivity index (χ4n) is 1.96. The van der Waals surface area contributed by atoms with E-state index in [1.165, 1.54) is 19.2 Å². The highest BCUT2D eigenvalue weighted by Gasteiger charge is 2.31. The average molecular weight is 439 g/mol. The van der Waals surface area contributed by atoms with Crippen LogP contribution >= 0.6 is 15.9 Å². The second kappa shape index (κ2) is 7.81. The van der Waals surface area contributed by atoms with Crippen LogP contribution in [0, 0.1) is 5.82 Å². The first-order chi connectivity index (χ1) is 12.2. The van der Waals surface area contributed by atoms with Gasteiger partial charge in [0, 0.05) is 6.07 Å². The van der Waals surface area contributed by atoms with E-state index in [0.29, 0.717) is 0 Å². The van der Waals surface area contributed by atoms with E-state index in [4.69, 9.17) is 9.47 Å². The molecule has 0 saturated carbocycles. The van der Waals surface area contributed by atoms with Gasteiger partial charge in [0.2, 0.25) is 0 Å². The van der Waals surface area contributed by atoms with Crippen LogP contribution in [0.25, 0.3) is 0 Å². The van der Waals surface area contributed by atoms with Crippen LogP contribution < -0.4 is 14.2 Å². The summed E-state index contributed by atoms with van der Waals surface area (Å²) in [5, 5.41) is 0. The number of hydrogen-bond donors (Lipinski definition) is 0. The lowest BCUT2D eigenvalue weighted by Crippen LogP contribution is -2.17. The molecule has 10 heteroatoms. The predicted octanol–water partition coefficient (Wildman–Crippen LogP) is 5.07. The number of methoxy groups -OCH3 is 2. The predicted molar refractivity (Wildman–Crippen MR) is 85.2 cm³/mol. The number of rotatable bonds is 5. The van der Waals surface area contributed by atoms with Crippen molar-refractivity contribution in [3.63, 3.8) is 0 Å². The van der Waals surface area contributed by atoms with Crippen LogP contribution in [0.4, 0.5) is 17.6 Å². The summed E-state index contributed by atoms with van der Waals surface area (Å²) in [5.74, 6) is -2.82. The average Bonchev–Trinajstić information content (AvgIpc) is 2.57. The van der Waals surface area contributed by atoms with Gasteiger partial charge < -0.3 is 18.9 Å². The van der Waals surface area contributed by atoms with Gasteiger partial charge in [-0.2, -0.15) is 0 Å². The molecule has 0 aliphatic rings. The Labute approximate surface area is 153 Å². The third-order valence-corrected chi connectivity index (χ3v) is 3.65. The van der Waals surface area contributed by atoms with Crippen molar-refractivity contribution in [2.45, 2.75) is 6.36 Å². The summed E-state index contributed by atoms with van der Waals surface area (Å²) >= 11 is 2.94. The van der Waals surface area contributed by atoms with Crippen molar-refractivity contribution in [2.75, 3.05) is 14.2 Å². The first kappa shape index (κ1) is 19.8. The molecular weight excluding hydrogens is 428 g/mol. The number of halogens is 5. The monoisotopic (exact) mass is 438 g/mol. The van der Waals surface area contributed by atoms with Crippen molar-refractivity contribution in [1.29, 1.82) is 0 Å². The smallest absolute Gasteiger partial charge is 0.493 e. The van der Waals surface area contributed by atoms with E-state index in [2.05, 4.69) is 25.4 Å². The molecule has 5 nitrogen and oxygen atoms in total. The molecule has 0 atom stereocenters. The van der Waals surface area contributed by atoms with E-state index in [1.54, 1.807) is 0 Å². The zero-order valence-electron chi connectivity index (χ0n) is 13.3. The molecule has 0 aliphatic heterocycles. The summed E-state index contributed by atoms with van der Waals surface area (Å²) in [6.07, 6.45) is -4.87. The van der Waals surface area contributed by atoms with Crippen molar-refractivity contribution >= 4 is 21.9 Å². The van der Waals surface area contributed by atoms with Gasteiger partial charge in [0.25, 0.3) is 0 Å². The highest BCUT2D eigenvalue weighted by molar-refractivity contribution is 9.10. The van der Waals surface area contributed by atoms with Crippen LogP contribution in [0.3, 0.4) is 0 Å². The molecule has 0 saturated heterocycles. The van der Waals surface area contributed by atoms with Crippen molar-refractivity contribution in [2.24, 2.45) is 0 Å². The second-order valence-corrected chi connectivity index (χ2v) is 5.54. The maximum atomic E-state index is 14.2.